The Morgan fingerprint density at radius 2 is 1.55 bits per heavy atom. The van der Waals surface area contributed by atoms with Crippen molar-refractivity contribution in [3.8, 4) is 28.4 Å². The zero-order chi connectivity index (χ0) is 29.0. The first-order valence-electron chi connectivity index (χ1n) is 12.7. The van der Waals surface area contributed by atoms with Gasteiger partial charge in [0.15, 0.2) is 5.69 Å². The van der Waals surface area contributed by atoms with Crippen molar-refractivity contribution in [3.63, 3.8) is 0 Å². The van der Waals surface area contributed by atoms with Crippen LogP contribution in [0.25, 0.3) is 16.9 Å². The number of aromatic nitrogens is 2. The van der Waals surface area contributed by atoms with E-state index < -0.39 is 16.0 Å². The van der Waals surface area contributed by atoms with Gasteiger partial charge in [0, 0.05) is 0 Å². The second kappa shape index (κ2) is 11.8. The molecule has 0 aliphatic heterocycles. The molecule has 9 nitrogen and oxygen atoms in total. The molecule has 0 saturated carbocycles. The molecule has 1 aromatic heterocycles. The van der Waals surface area contributed by atoms with Crippen LogP contribution in [-0.4, -0.2) is 45.5 Å². The number of benzene rings is 3. The van der Waals surface area contributed by atoms with E-state index in [0.29, 0.717) is 28.7 Å². The van der Waals surface area contributed by atoms with Gasteiger partial charge >= 0.3 is 5.97 Å². The smallest absolute Gasteiger partial charge is 0.360 e. The van der Waals surface area contributed by atoms with Crippen LogP contribution in [0.15, 0.2) is 71.6 Å². The van der Waals surface area contributed by atoms with Crippen LogP contribution >= 0.6 is 0 Å². The summed E-state index contributed by atoms with van der Waals surface area (Å²) in [4.78, 5) is 13.1. The van der Waals surface area contributed by atoms with Gasteiger partial charge in [0.1, 0.15) is 22.9 Å². The van der Waals surface area contributed by atoms with E-state index in [2.05, 4.69) is 23.7 Å². The first kappa shape index (κ1) is 28.7. The molecule has 4 aromatic rings. The summed E-state index contributed by atoms with van der Waals surface area (Å²) in [5.74, 6) is 0.306. The highest BCUT2D eigenvalue weighted by atomic mass is 32.2. The Balaban J connectivity index is 2.11. The summed E-state index contributed by atoms with van der Waals surface area (Å²) >= 11 is 0. The Bertz CT molecular complexity index is 1600. The Hall–Kier alpha value is -4.31. The third-order valence-electron chi connectivity index (χ3n) is 6.34. The van der Waals surface area contributed by atoms with Crippen molar-refractivity contribution in [1.82, 2.24) is 9.78 Å². The number of esters is 1. The van der Waals surface area contributed by atoms with Crippen LogP contribution in [0.1, 0.15) is 35.5 Å². The molecule has 0 aliphatic rings. The lowest BCUT2D eigenvalue weighted by Gasteiger charge is -2.19. The number of sulfonamides is 1. The summed E-state index contributed by atoms with van der Waals surface area (Å²) in [5.41, 5.74) is 2.94. The van der Waals surface area contributed by atoms with Crippen LogP contribution in [0.2, 0.25) is 0 Å². The number of aryl methyl sites for hydroxylation is 1. The van der Waals surface area contributed by atoms with Crippen molar-refractivity contribution in [2.75, 3.05) is 26.1 Å². The molecule has 4 rings (SSSR count). The highest BCUT2D eigenvalue weighted by Gasteiger charge is 2.32. The van der Waals surface area contributed by atoms with E-state index in [1.54, 1.807) is 35.0 Å². The van der Waals surface area contributed by atoms with Crippen LogP contribution in [0.3, 0.4) is 0 Å². The SMILES string of the molecule is COC(=O)c1nn(-c2ccccc2CC(C)C)c(-c2c(OC)cccc2OC)c1NS(=O)(=O)c1ccc(C)cc1. The van der Waals surface area contributed by atoms with Gasteiger partial charge in [-0.25, -0.2) is 17.9 Å². The standard InChI is InChI=1S/C30H33N3O6S/c1-19(2)18-21-10-7-8-11-23(21)33-29(26-24(37-4)12-9-13-25(26)38-5)27(28(31-33)30(34)39-6)32-40(35,36)22-16-14-20(3)15-17-22/h7-17,19,32H,18H2,1-6H3. The van der Waals surface area contributed by atoms with E-state index in [4.69, 9.17) is 14.2 Å². The number of nitrogens with zero attached hydrogens (tertiary/aromatic N) is 2. The Kier molecular flexibility index (Phi) is 8.49. The number of methoxy groups -OCH3 is 3. The van der Waals surface area contributed by atoms with Gasteiger partial charge in [-0.3, -0.25) is 4.72 Å². The third kappa shape index (κ3) is 5.67. The monoisotopic (exact) mass is 563 g/mol. The zero-order valence-corrected chi connectivity index (χ0v) is 24.2. The fourth-order valence-electron chi connectivity index (χ4n) is 4.48. The second-order valence-electron chi connectivity index (χ2n) is 9.66. The minimum absolute atomic E-state index is 0.0276. The van der Waals surface area contributed by atoms with Gasteiger partial charge in [-0.15, -0.1) is 0 Å². The molecule has 10 heteroatoms. The van der Waals surface area contributed by atoms with Gasteiger partial charge in [0.25, 0.3) is 10.0 Å². The number of rotatable bonds is 10. The van der Waals surface area contributed by atoms with Crippen LogP contribution in [0.4, 0.5) is 5.69 Å². The molecule has 0 radical (unpaired) electrons. The highest BCUT2D eigenvalue weighted by Crippen LogP contribution is 2.45. The lowest BCUT2D eigenvalue weighted by atomic mass is 10.0. The quantitative estimate of drug-likeness (QED) is 0.248. The van der Waals surface area contributed by atoms with Crippen LogP contribution in [0.5, 0.6) is 11.5 Å². The predicted octanol–water partition coefficient (Wildman–Crippen LogP) is 5.65. The van der Waals surface area contributed by atoms with Crippen molar-refractivity contribution in [3.05, 3.63) is 83.6 Å². The molecule has 0 spiro atoms. The molecule has 40 heavy (non-hydrogen) atoms. The summed E-state index contributed by atoms with van der Waals surface area (Å²) < 4.78 is 47.9. The Labute approximate surface area is 234 Å². The topological polar surface area (TPSA) is 109 Å². The molecule has 1 heterocycles. The minimum Gasteiger partial charge on any atom is -0.496 e. The van der Waals surface area contributed by atoms with Gasteiger partial charge in [-0.05, 0) is 55.2 Å². The summed E-state index contributed by atoms with van der Waals surface area (Å²) in [6.45, 7) is 6.07. The number of nitrogens with one attached hydrogen (secondary N) is 1. The number of ether oxygens (including phenoxy) is 3. The molecule has 0 atom stereocenters. The van der Waals surface area contributed by atoms with Gasteiger partial charge in [-0.2, -0.15) is 5.10 Å². The largest absolute Gasteiger partial charge is 0.496 e. The van der Waals surface area contributed by atoms with Gasteiger partial charge < -0.3 is 14.2 Å². The summed E-state index contributed by atoms with van der Waals surface area (Å²) in [5, 5.41) is 4.64. The molecule has 1 N–H and O–H groups in total. The molecule has 0 bridgehead atoms. The first-order chi connectivity index (χ1) is 19.1. The number of carbonyl (C=O) groups excluding carboxylic acids is 1. The fourth-order valence-corrected chi connectivity index (χ4v) is 5.56. The third-order valence-corrected chi connectivity index (χ3v) is 7.71. The summed E-state index contributed by atoms with van der Waals surface area (Å²) in [6, 6.07) is 19.2. The molecule has 0 unspecified atom stereocenters. The number of anilines is 1. The predicted molar refractivity (Wildman–Crippen MR) is 154 cm³/mol. The molecular formula is C30H33N3O6S. The second-order valence-corrected chi connectivity index (χ2v) is 11.3. The maximum Gasteiger partial charge on any atom is 0.360 e. The number of carbonyl (C=O) groups is 1. The number of hydrogen-bond donors (Lipinski definition) is 1. The van der Waals surface area contributed by atoms with Gasteiger partial charge in [0.2, 0.25) is 0 Å². The van der Waals surface area contributed by atoms with E-state index >= 15 is 0 Å². The molecule has 0 aliphatic carbocycles. The molecule has 0 amide bonds. The molecule has 3 aromatic carbocycles. The fraction of sp³-hybridized carbons (Fsp3) is 0.267. The van der Waals surface area contributed by atoms with Crippen molar-refractivity contribution >= 4 is 21.7 Å². The first-order valence-corrected chi connectivity index (χ1v) is 14.2. The number of para-hydroxylation sites is 1. The summed E-state index contributed by atoms with van der Waals surface area (Å²) in [6.07, 6.45) is 0.719. The molecule has 0 saturated heterocycles. The van der Waals surface area contributed by atoms with Gasteiger partial charge in [0.05, 0.1) is 37.5 Å². The minimum atomic E-state index is -4.15. The van der Waals surface area contributed by atoms with Crippen LogP contribution in [0, 0.1) is 12.8 Å². The maximum absolute atomic E-state index is 13.7. The molecule has 0 fully saturated rings. The van der Waals surface area contributed by atoms with Crippen molar-refractivity contribution in [2.45, 2.75) is 32.1 Å². The molecule has 210 valence electrons. The van der Waals surface area contributed by atoms with Crippen LogP contribution < -0.4 is 14.2 Å². The normalized spacial score (nSPS) is 11.4. The van der Waals surface area contributed by atoms with E-state index in [0.717, 1.165) is 17.5 Å². The zero-order valence-electron chi connectivity index (χ0n) is 23.4. The average molecular weight is 564 g/mol. The van der Waals surface area contributed by atoms with Crippen molar-refractivity contribution < 1.29 is 27.4 Å². The lowest BCUT2D eigenvalue weighted by Crippen LogP contribution is -2.16. The van der Waals surface area contributed by atoms with Crippen LogP contribution in [-0.2, 0) is 21.2 Å². The summed E-state index contributed by atoms with van der Waals surface area (Å²) in [7, 11) is 0.0693. The molecular weight excluding hydrogens is 530 g/mol. The van der Waals surface area contributed by atoms with E-state index in [9.17, 15) is 13.2 Å². The highest BCUT2D eigenvalue weighted by molar-refractivity contribution is 7.92. The number of hydrogen-bond acceptors (Lipinski definition) is 7. The van der Waals surface area contributed by atoms with Gasteiger partial charge in [-0.1, -0.05) is 55.8 Å². The Morgan fingerprint density at radius 1 is 0.925 bits per heavy atom. The van der Waals surface area contributed by atoms with E-state index in [1.807, 2.05) is 31.2 Å². The Morgan fingerprint density at radius 3 is 2.12 bits per heavy atom. The average Bonchev–Trinajstić information content (AvgIpc) is 3.29. The lowest BCUT2D eigenvalue weighted by molar-refractivity contribution is 0.0594. The maximum atomic E-state index is 13.7. The van der Waals surface area contributed by atoms with Crippen molar-refractivity contribution in [1.29, 1.82) is 0 Å². The van der Waals surface area contributed by atoms with E-state index in [1.165, 1.54) is 33.5 Å². The van der Waals surface area contributed by atoms with E-state index in [-0.39, 0.29) is 22.0 Å². The van der Waals surface area contributed by atoms with Crippen molar-refractivity contribution in [2.24, 2.45) is 5.92 Å².